The van der Waals surface area contributed by atoms with Crippen molar-refractivity contribution in [3.8, 4) is 0 Å². The molecule has 1 fully saturated rings. The van der Waals surface area contributed by atoms with Gasteiger partial charge in [-0.1, -0.05) is 12.1 Å². The Morgan fingerprint density at radius 1 is 1.20 bits per heavy atom. The highest BCUT2D eigenvalue weighted by atomic mass is 79.9. The molecule has 1 aliphatic carbocycles. The minimum atomic E-state index is -0.276. The number of nitrogens with one attached hydrogen (secondary N) is 2. The first kappa shape index (κ1) is 13.1. The SMILES string of the molecule is O=C(Nc1ccccc1Br)c1cnc(NC2CC2)cn1. The van der Waals surface area contributed by atoms with Crippen molar-refractivity contribution in [3.63, 3.8) is 0 Å². The summed E-state index contributed by atoms with van der Waals surface area (Å²) >= 11 is 3.38. The lowest BCUT2D eigenvalue weighted by molar-refractivity contribution is 0.102. The van der Waals surface area contributed by atoms with Crippen LogP contribution in [0, 0.1) is 0 Å². The summed E-state index contributed by atoms with van der Waals surface area (Å²) in [5.74, 6) is 0.437. The Morgan fingerprint density at radius 2 is 2.00 bits per heavy atom. The van der Waals surface area contributed by atoms with Crippen molar-refractivity contribution in [2.45, 2.75) is 18.9 Å². The zero-order valence-electron chi connectivity index (χ0n) is 10.6. The van der Waals surface area contributed by atoms with E-state index in [1.165, 1.54) is 19.0 Å². The Kier molecular flexibility index (Phi) is 3.64. The fraction of sp³-hybridized carbons (Fsp3) is 0.214. The number of carbonyl (C=O) groups is 1. The van der Waals surface area contributed by atoms with Gasteiger partial charge in [-0.2, -0.15) is 0 Å². The van der Waals surface area contributed by atoms with Gasteiger partial charge in [0.1, 0.15) is 11.5 Å². The number of benzene rings is 1. The number of hydrogen-bond donors (Lipinski definition) is 2. The smallest absolute Gasteiger partial charge is 0.275 e. The van der Waals surface area contributed by atoms with E-state index in [1.54, 1.807) is 6.20 Å². The Bertz CT molecular complexity index is 625. The number of para-hydroxylation sites is 1. The van der Waals surface area contributed by atoms with Crippen molar-refractivity contribution >= 4 is 33.3 Å². The van der Waals surface area contributed by atoms with Crippen molar-refractivity contribution in [2.75, 3.05) is 10.6 Å². The molecule has 102 valence electrons. The van der Waals surface area contributed by atoms with Crippen LogP contribution < -0.4 is 10.6 Å². The highest BCUT2D eigenvalue weighted by molar-refractivity contribution is 9.10. The molecule has 2 N–H and O–H groups in total. The maximum absolute atomic E-state index is 12.1. The molecule has 0 radical (unpaired) electrons. The largest absolute Gasteiger partial charge is 0.366 e. The van der Waals surface area contributed by atoms with Gasteiger partial charge in [0.15, 0.2) is 0 Å². The zero-order chi connectivity index (χ0) is 13.9. The van der Waals surface area contributed by atoms with Gasteiger partial charge < -0.3 is 10.6 Å². The number of carbonyl (C=O) groups excluding carboxylic acids is 1. The molecule has 0 spiro atoms. The minimum Gasteiger partial charge on any atom is -0.366 e. The van der Waals surface area contributed by atoms with E-state index in [2.05, 4.69) is 36.5 Å². The van der Waals surface area contributed by atoms with Gasteiger partial charge in [-0.15, -0.1) is 0 Å². The monoisotopic (exact) mass is 332 g/mol. The summed E-state index contributed by atoms with van der Waals surface area (Å²) in [6.07, 6.45) is 5.42. The normalized spacial score (nSPS) is 13.8. The summed E-state index contributed by atoms with van der Waals surface area (Å²) in [6.45, 7) is 0. The standard InChI is InChI=1S/C14H13BrN4O/c15-10-3-1-2-4-11(10)19-14(20)12-7-17-13(8-16-12)18-9-5-6-9/h1-4,7-9H,5-6H2,(H,17,18)(H,19,20). The van der Waals surface area contributed by atoms with Crippen molar-refractivity contribution in [3.05, 3.63) is 46.8 Å². The number of anilines is 2. The average Bonchev–Trinajstić information content (AvgIpc) is 3.26. The third-order valence-electron chi connectivity index (χ3n) is 2.94. The Hall–Kier alpha value is -1.95. The molecule has 0 saturated heterocycles. The van der Waals surface area contributed by atoms with Gasteiger partial charge in [0.2, 0.25) is 0 Å². The molecule has 1 aliphatic rings. The summed E-state index contributed by atoms with van der Waals surface area (Å²) < 4.78 is 0.827. The summed E-state index contributed by atoms with van der Waals surface area (Å²) in [5, 5.41) is 6.02. The van der Waals surface area contributed by atoms with Gasteiger partial charge in [0.05, 0.1) is 18.1 Å². The molecule has 0 aliphatic heterocycles. The predicted octanol–water partition coefficient (Wildman–Crippen LogP) is 3.07. The van der Waals surface area contributed by atoms with Crippen LogP contribution in [0.15, 0.2) is 41.1 Å². The number of hydrogen-bond acceptors (Lipinski definition) is 4. The molecule has 0 atom stereocenters. The van der Waals surface area contributed by atoms with Crippen LogP contribution in [0.4, 0.5) is 11.5 Å². The lowest BCUT2D eigenvalue weighted by Crippen LogP contribution is -2.15. The van der Waals surface area contributed by atoms with Crippen LogP contribution in [0.3, 0.4) is 0 Å². The molecular weight excluding hydrogens is 320 g/mol. The topological polar surface area (TPSA) is 66.9 Å². The average molecular weight is 333 g/mol. The van der Waals surface area contributed by atoms with Gasteiger partial charge in [-0.05, 0) is 40.9 Å². The molecule has 3 rings (SSSR count). The minimum absolute atomic E-state index is 0.276. The number of rotatable bonds is 4. The number of nitrogens with zero attached hydrogens (tertiary/aromatic N) is 2. The lowest BCUT2D eigenvalue weighted by Gasteiger charge is -2.07. The molecule has 1 amide bonds. The predicted molar refractivity (Wildman–Crippen MR) is 80.8 cm³/mol. The number of amides is 1. The fourth-order valence-corrected chi connectivity index (χ4v) is 2.09. The quantitative estimate of drug-likeness (QED) is 0.902. The van der Waals surface area contributed by atoms with Gasteiger partial charge >= 0.3 is 0 Å². The van der Waals surface area contributed by atoms with E-state index < -0.39 is 0 Å². The molecule has 5 nitrogen and oxygen atoms in total. The second-order valence-corrected chi connectivity index (χ2v) is 5.49. The Labute approximate surface area is 125 Å². The van der Waals surface area contributed by atoms with Crippen LogP contribution in [-0.4, -0.2) is 21.9 Å². The van der Waals surface area contributed by atoms with E-state index in [4.69, 9.17) is 0 Å². The van der Waals surface area contributed by atoms with E-state index in [0.29, 0.717) is 23.2 Å². The summed E-state index contributed by atoms with van der Waals surface area (Å²) in [5.41, 5.74) is 1.00. The summed E-state index contributed by atoms with van der Waals surface area (Å²) in [7, 11) is 0. The molecule has 20 heavy (non-hydrogen) atoms. The van der Waals surface area contributed by atoms with Crippen LogP contribution in [0.5, 0.6) is 0 Å². The highest BCUT2D eigenvalue weighted by Gasteiger charge is 2.21. The molecule has 1 aromatic heterocycles. The van der Waals surface area contributed by atoms with Crippen molar-refractivity contribution < 1.29 is 4.79 Å². The van der Waals surface area contributed by atoms with E-state index in [9.17, 15) is 4.79 Å². The molecule has 6 heteroatoms. The second-order valence-electron chi connectivity index (χ2n) is 4.64. The van der Waals surface area contributed by atoms with Crippen LogP contribution in [0.1, 0.15) is 23.3 Å². The molecule has 2 aromatic rings. The first-order valence-electron chi connectivity index (χ1n) is 6.37. The third-order valence-corrected chi connectivity index (χ3v) is 3.63. The third kappa shape index (κ3) is 3.14. The van der Waals surface area contributed by atoms with Crippen LogP contribution in [-0.2, 0) is 0 Å². The molecule has 0 bridgehead atoms. The van der Waals surface area contributed by atoms with E-state index >= 15 is 0 Å². The second kappa shape index (κ2) is 5.58. The van der Waals surface area contributed by atoms with Gasteiger partial charge in [-0.25, -0.2) is 9.97 Å². The first-order valence-corrected chi connectivity index (χ1v) is 7.16. The molecule has 1 heterocycles. The van der Waals surface area contributed by atoms with Crippen molar-refractivity contribution in [2.24, 2.45) is 0 Å². The van der Waals surface area contributed by atoms with Gasteiger partial charge in [0, 0.05) is 10.5 Å². The molecule has 1 saturated carbocycles. The van der Waals surface area contributed by atoms with E-state index in [1.807, 2.05) is 24.3 Å². The van der Waals surface area contributed by atoms with Crippen LogP contribution >= 0.6 is 15.9 Å². The lowest BCUT2D eigenvalue weighted by atomic mass is 10.3. The maximum Gasteiger partial charge on any atom is 0.275 e. The molecular formula is C14H13BrN4O. The van der Waals surface area contributed by atoms with E-state index in [0.717, 1.165) is 4.47 Å². The number of aromatic nitrogens is 2. The van der Waals surface area contributed by atoms with Crippen LogP contribution in [0.25, 0.3) is 0 Å². The number of halogens is 1. The van der Waals surface area contributed by atoms with Crippen molar-refractivity contribution in [1.29, 1.82) is 0 Å². The molecule has 0 unspecified atom stereocenters. The van der Waals surface area contributed by atoms with E-state index in [-0.39, 0.29) is 5.91 Å². The first-order chi connectivity index (χ1) is 9.72. The van der Waals surface area contributed by atoms with Gasteiger partial charge in [-0.3, -0.25) is 4.79 Å². The van der Waals surface area contributed by atoms with Crippen LogP contribution in [0.2, 0.25) is 0 Å². The maximum atomic E-state index is 12.1. The fourth-order valence-electron chi connectivity index (χ4n) is 1.71. The molecule has 1 aromatic carbocycles. The Balaban J connectivity index is 1.68. The highest BCUT2D eigenvalue weighted by Crippen LogP contribution is 2.23. The summed E-state index contributed by atoms with van der Waals surface area (Å²) in [4.78, 5) is 20.4. The van der Waals surface area contributed by atoms with Gasteiger partial charge in [0.25, 0.3) is 5.91 Å². The van der Waals surface area contributed by atoms with Crippen molar-refractivity contribution in [1.82, 2.24) is 9.97 Å². The Morgan fingerprint density at radius 3 is 2.65 bits per heavy atom. The zero-order valence-corrected chi connectivity index (χ0v) is 12.2. The summed E-state index contributed by atoms with van der Waals surface area (Å²) in [6, 6.07) is 7.94.